The number of aliphatic hydroxyl groups excluding tert-OH is 1. The number of nitrogens with zero attached hydrogens (tertiary/aromatic N) is 5. The first kappa shape index (κ1) is 20.3. The number of carbonyl (C=O) groups is 3. The van der Waals surface area contributed by atoms with E-state index in [1.807, 2.05) is 13.8 Å². The quantitative estimate of drug-likeness (QED) is 0.684. The van der Waals surface area contributed by atoms with Crippen molar-refractivity contribution >= 4 is 17.8 Å². The van der Waals surface area contributed by atoms with Crippen LogP contribution >= 0.6 is 0 Å². The zero-order valence-corrected chi connectivity index (χ0v) is 16.6. The molecule has 0 bridgehead atoms. The number of aliphatic hydroxyl groups is 1. The molecule has 0 unspecified atom stereocenters. The zero-order valence-electron chi connectivity index (χ0n) is 16.6. The van der Waals surface area contributed by atoms with Crippen LogP contribution in [0.15, 0.2) is 18.5 Å². The van der Waals surface area contributed by atoms with Crippen LogP contribution in [0.3, 0.4) is 0 Å². The maximum Gasteiger partial charge on any atom is 0.327 e. The summed E-state index contributed by atoms with van der Waals surface area (Å²) >= 11 is 0. The van der Waals surface area contributed by atoms with Crippen LogP contribution in [-0.4, -0.2) is 85.8 Å². The van der Waals surface area contributed by atoms with E-state index in [2.05, 4.69) is 5.10 Å². The van der Waals surface area contributed by atoms with Gasteiger partial charge in [-0.1, -0.05) is 13.8 Å². The van der Waals surface area contributed by atoms with E-state index in [1.54, 1.807) is 32.9 Å². The second kappa shape index (κ2) is 8.30. The molecule has 2 aliphatic rings. The van der Waals surface area contributed by atoms with Gasteiger partial charge in [0.2, 0.25) is 5.91 Å². The number of hydrogen-bond acceptors (Lipinski definition) is 5. The molecular formula is C19H29N5O4. The molecule has 9 nitrogen and oxygen atoms in total. The van der Waals surface area contributed by atoms with Crippen molar-refractivity contribution in [3.63, 3.8) is 0 Å². The standard InChI is InChI=1S/C19H29N5O4/c1-15(2)13-24-18(28)23(9-4-12-25)17(27)19(24)5-10-21(11-6-19)16(26)14-22-8-3-7-20-22/h3,7-8,15,25H,4-6,9-14H2,1-2H3. The van der Waals surface area contributed by atoms with Crippen molar-refractivity contribution in [3.8, 4) is 0 Å². The topological polar surface area (TPSA) is 99.0 Å². The number of carbonyl (C=O) groups excluding carboxylic acids is 3. The van der Waals surface area contributed by atoms with E-state index in [4.69, 9.17) is 5.11 Å². The van der Waals surface area contributed by atoms with E-state index in [0.29, 0.717) is 38.9 Å². The summed E-state index contributed by atoms with van der Waals surface area (Å²) in [7, 11) is 0. The number of aromatic nitrogens is 2. The number of rotatable bonds is 7. The number of likely N-dealkylation sites (tertiary alicyclic amines) is 1. The smallest absolute Gasteiger partial charge is 0.327 e. The summed E-state index contributed by atoms with van der Waals surface area (Å²) in [5.74, 6) is -0.000428. The van der Waals surface area contributed by atoms with Crippen molar-refractivity contribution < 1.29 is 19.5 Å². The Balaban J connectivity index is 1.73. The molecule has 28 heavy (non-hydrogen) atoms. The molecule has 2 fully saturated rings. The molecule has 1 N–H and O–H groups in total. The van der Waals surface area contributed by atoms with E-state index < -0.39 is 5.54 Å². The predicted molar refractivity (Wildman–Crippen MR) is 101 cm³/mol. The molecule has 154 valence electrons. The lowest BCUT2D eigenvalue weighted by Crippen LogP contribution is -2.58. The van der Waals surface area contributed by atoms with E-state index in [-0.39, 0.29) is 43.5 Å². The third-order valence-corrected chi connectivity index (χ3v) is 5.51. The Morgan fingerprint density at radius 3 is 2.57 bits per heavy atom. The van der Waals surface area contributed by atoms with Crippen LogP contribution in [-0.2, 0) is 16.1 Å². The molecule has 9 heteroatoms. The Bertz CT molecular complexity index is 710. The highest BCUT2D eigenvalue weighted by atomic mass is 16.3. The number of hydrogen-bond donors (Lipinski definition) is 1. The van der Waals surface area contributed by atoms with Gasteiger partial charge in [0.25, 0.3) is 5.91 Å². The Labute approximate surface area is 164 Å². The van der Waals surface area contributed by atoms with E-state index in [1.165, 1.54) is 4.90 Å². The molecule has 2 aliphatic heterocycles. The lowest BCUT2D eigenvalue weighted by molar-refractivity contribution is -0.141. The largest absolute Gasteiger partial charge is 0.396 e. The predicted octanol–water partition coefficient (Wildman–Crippen LogP) is 0.547. The molecule has 0 aromatic carbocycles. The van der Waals surface area contributed by atoms with Crippen molar-refractivity contribution in [3.05, 3.63) is 18.5 Å². The average molecular weight is 391 g/mol. The molecular weight excluding hydrogens is 362 g/mol. The Morgan fingerprint density at radius 1 is 1.29 bits per heavy atom. The fourth-order valence-corrected chi connectivity index (χ4v) is 4.07. The van der Waals surface area contributed by atoms with Crippen molar-refractivity contribution in [1.29, 1.82) is 0 Å². The molecule has 0 atom stereocenters. The molecule has 4 amide bonds. The fourth-order valence-electron chi connectivity index (χ4n) is 4.07. The van der Waals surface area contributed by atoms with Crippen molar-refractivity contribution in [2.45, 2.75) is 45.2 Å². The van der Waals surface area contributed by atoms with Gasteiger partial charge in [-0.15, -0.1) is 0 Å². The highest BCUT2D eigenvalue weighted by molar-refractivity contribution is 6.07. The third-order valence-electron chi connectivity index (χ3n) is 5.51. The van der Waals surface area contributed by atoms with Crippen molar-refractivity contribution in [1.82, 2.24) is 24.5 Å². The summed E-state index contributed by atoms with van der Waals surface area (Å²) in [6.07, 6.45) is 4.62. The summed E-state index contributed by atoms with van der Waals surface area (Å²) in [4.78, 5) is 43.4. The molecule has 3 rings (SSSR count). The van der Waals surface area contributed by atoms with Crippen LogP contribution in [0.4, 0.5) is 4.79 Å². The SMILES string of the molecule is CC(C)CN1C(=O)N(CCCO)C(=O)C12CCN(C(=O)Cn1cccn1)CC2. The second-order valence-electron chi connectivity index (χ2n) is 7.94. The first-order valence-electron chi connectivity index (χ1n) is 9.88. The van der Waals surface area contributed by atoms with Crippen LogP contribution in [0.1, 0.15) is 33.1 Å². The molecule has 0 saturated carbocycles. The van der Waals surface area contributed by atoms with Gasteiger partial charge in [-0.2, -0.15) is 5.10 Å². The molecule has 3 heterocycles. The van der Waals surface area contributed by atoms with Crippen LogP contribution < -0.4 is 0 Å². The van der Waals surface area contributed by atoms with Gasteiger partial charge in [-0.25, -0.2) is 4.79 Å². The average Bonchev–Trinajstić information content (AvgIpc) is 3.24. The molecule has 0 aliphatic carbocycles. The normalized spacial score (nSPS) is 19.4. The number of imide groups is 1. The summed E-state index contributed by atoms with van der Waals surface area (Å²) in [6, 6.07) is 1.50. The number of urea groups is 1. The zero-order chi connectivity index (χ0) is 20.3. The lowest BCUT2D eigenvalue weighted by Gasteiger charge is -2.42. The summed E-state index contributed by atoms with van der Waals surface area (Å²) in [5.41, 5.74) is -0.876. The summed E-state index contributed by atoms with van der Waals surface area (Å²) in [6.45, 7) is 5.74. The maximum atomic E-state index is 13.2. The van der Waals surface area contributed by atoms with E-state index >= 15 is 0 Å². The van der Waals surface area contributed by atoms with E-state index in [9.17, 15) is 14.4 Å². The van der Waals surface area contributed by atoms with Gasteiger partial charge < -0.3 is 14.9 Å². The van der Waals surface area contributed by atoms with Gasteiger partial charge in [-0.05, 0) is 31.2 Å². The van der Waals surface area contributed by atoms with E-state index in [0.717, 1.165) is 0 Å². The molecule has 1 spiro atoms. The van der Waals surface area contributed by atoms with Gasteiger partial charge in [0, 0.05) is 45.2 Å². The lowest BCUT2D eigenvalue weighted by atomic mass is 9.85. The monoisotopic (exact) mass is 391 g/mol. The van der Waals surface area contributed by atoms with Gasteiger partial charge in [0.05, 0.1) is 0 Å². The van der Waals surface area contributed by atoms with Gasteiger partial charge in [0.1, 0.15) is 12.1 Å². The Hall–Kier alpha value is -2.42. The molecule has 2 saturated heterocycles. The minimum atomic E-state index is -0.876. The maximum absolute atomic E-state index is 13.2. The van der Waals surface area contributed by atoms with Gasteiger partial charge in [-0.3, -0.25) is 19.2 Å². The highest BCUT2D eigenvalue weighted by Crippen LogP contribution is 2.38. The van der Waals surface area contributed by atoms with Gasteiger partial charge in [0.15, 0.2) is 0 Å². The highest BCUT2D eigenvalue weighted by Gasteiger charge is 2.57. The Morgan fingerprint density at radius 2 is 2.00 bits per heavy atom. The summed E-state index contributed by atoms with van der Waals surface area (Å²) < 4.78 is 1.58. The van der Waals surface area contributed by atoms with Crippen LogP contribution in [0.2, 0.25) is 0 Å². The van der Waals surface area contributed by atoms with Crippen LogP contribution in [0.25, 0.3) is 0 Å². The van der Waals surface area contributed by atoms with Crippen LogP contribution in [0, 0.1) is 5.92 Å². The number of piperidine rings is 1. The Kier molecular flexibility index (Phi) is 6.02. The first-order chi connectivity index (χ1) is 13.4. The summed E-state index contributed by atoms with van der Waals surface area (Å²) in [5, 5.41) is 13.2. The minimum Gasteiger partial charge on any atom is -0.396 e. The molecule has 0 radical (unpaired) electrons. The van der Waals surface area contributed by atoms with Crippen molar-refractivity contribution in [2.75, 3.05) is 32.8 Å². The first-order valence-corrected chi connectivity index (χ1v) is 9.88. The van der Waals surface area contributed by atoms with Gasteiger partial charge >= 0.3 is 6.03 Å². The minimum absolute atomic E-state index is 0.0390. The number of amides is 4. The molecule has 1 aromatic heterocycles. The molecule has 1 aromatic rings. The van der Waals surface area contributed by atoms with Crippen LogP contribution in [0.5, 0.6) is 0 Å². The second-order valence-corrected chi connectivity index (χ2v) is 7.94. The fraction of sp³-hybridized carbons (Fsp3) is 0.684. The third kappa shape index (κ3) is 3.76. The van der Waals surface area contributed by atoms with Crippen molar-refractivity contribution in [2.24, 2.45) is 5.92 Å².